The van der Waals surface area contributed by atoms with Gasteiger partial charge in [0.1, 0.15) is 5.78 Å². The molecule has 0 aromatic heterocycles. The van der Waals surface area contributed by atoms with Crippen molar-refractivity contribution < 1.29 is 41.7 Å². The Balaban J connectivity index is 2.40. The minimum Gasteiger partial charge on any atom is -0.493 e. The third kappa shape index (κ3) is 3.16. The molecule has 2 aliphatic rings. The first-order valence-corrected chi connectivity index (χ1v) is 7.12. The Morgan fingerprint density at radius 2 is 2.29 bits per heavy atom. The molecular weight excluding hydrogens is 302 g/mol. The highest BCUT2D eigenvalue weighted by molar-refractivity contribution is 5.83. The summed E-state index contributed by atoms with van der Waals surface area (Å²) in [4.78, 5) is 14.4. The molecule has 1 aromatic rings. The lowest BCUT2D eigenvalue weighted by molar-refractivity contribution is -0.129. The predicted molar refractivity (Wildman–Crippen MR) is 94.8 cm³/mol. The molecule has 3 rings (SSSR count). The van der Waals surface area contributed by atoms with Crippen molar-refractivity contribution in [3.63, 3.8) is 0 Å². The van der Waals surface area contributed by atoms with Gasteiger partial charge in [-0.3, -0.25) is 9.69 Å². The normalized spacial score (nSPS) is 47.2. The highest BCUT2D eigenvalue weighted by Crippen LogP contribution is 2.42. The fraction of sp³-hybridized carbons (Fsp3) is 0.650. The van der Waals surface area contributed by atoms with Crippen LogP contribution in [0.3, 0.4) is 0 Å². The van der Waals surface area contributed by atoms with E-state index in [2.05, 4.69) is 0 Å². The molecule has 0 N–H and O–H groups in total. The molecule has 0 spiro atoms. The summed E-state index contributed by atoms with van der Waals surface area (Å²) in [6.07, 6.45) is -10.9. The molecule has 2 heterocycles. The fourth-order valence-corrected chi connectivity index (χ4v) is 2.58. The predicted octanol–water partition coefficient (Wildman–Crippen LogP) is 3.63. The average molecular weight is 352 g/mol. The summed E-state index contributed by atoms with van der Waals surface area (Å²) >= 11 is 0. The summed E-state index contributed by atoms with van der Waals surface area (Å²) in [6, 6.07) is -4.21. The third-order valence-corrected chi connectivity index (χ3v) is 3.76. The number of hydrogen-bond acceptors (Lipinski definition) is 4. The van der Waals surface area contributed by atoms with Crippen LogP contribution in [0.1, 0.15) is 77.5 Å². The second-order valence-corrected chi connectivity index (χ2v) is 5.18. The summed E-state index contributed by atoms with van der Waals surface area (Å²) < 4.78 is 172. The van der Waals surface area contributed by atoms with Gasteiger partial charge < -0.3 is 9.47 Å². The van der Waals surface area contributed by atoms with Crippen molar-refractivity contribution >= 4 is 5.78 Å². The van der Waals surface area contributed by atoms with E-state index in [4.69, 9.17) is 36.9 Å². The zero-order valence-corrected chi connectivity index (χ0v) is 12.7. The number of ether oxygens (including phenoxy) is 2. The minimum absolute atomic E-state index is 0.341. The van der Waals surface area contributed by atoms with Gasteiger partial charge in [-0.1, -0.05) is 20.1 Å². The van der Waals surface area contributed by atoms with Crippen LogP contribution in [0.4, 0.5) is 0 Å². The largest absolute Gasteiger partial charge is 0.493 e. The molecule has 3 atom stereocenters. The van der Waals surface area contributed by atoms with E-state index < -0.39 is 112 Å². The van der Waals surface area contributed by atoms with E-state index in [9.17, 15) is 4.79 Å². The van der Waals surface area contributed by atoms with Crippen molar-refractivity contribution in [2.45, 2.75) is 45.4 Å². The second kappa shape index (κ2) is 7.14. The van der Waals surface area contributed by atoms with Crippen LogP contribution in [0.25, 0.3) is 0 Å². The molecule has 0 bridgehead atoms. The molecule has 4 nitrogen and oxygen atoms in total. The maximum atomic E-state index is 13.9. The van der Waals surface area contributed by atoms with Crippen LogP contribution >= 0.6 is 0 Å². The highest BCUT2D eigenvalue weighted by Gasteiger charge is 2.38. The van der Waals surface area contributed by atoms with Gasteiger partial charge in [0.25, 0.3) is 0 Å². The lowest BCUT2D eigenvalue weighted by Crippen LogP contribution is -2.46. The van der Waals surface area contributed by atoms with E-state index in [-0.39, 0.29) is 5.56 Å². The number of hydrogen-bond donors (Lipinski definition) is 0. The molecule has 132 valence electrons. The average Bonchev–Trinajstić information content (AvgIpc) is 2.78. The molecule has 0 saturated carbocycles. The summed E-state index contributed by atoms with van der Waals surface area (Å²) in [7, 11) is -6.65. The van der Waals surface area contributed by atoms with Gasteiger partial charge in [0.15, 0.2) is 11.5 Å². The van der Waals surface area contributed by atoms with Crippen LogP contribution in [-0.2, 0) is 11.2 Å². The van der Waals surface area contributed by atoms with Crippen molar-refractivity contribution in [3.8, 4) is 11.5 Å². The number of nitrogens with zero attached hydrogens (tertiary/aromatic N) is 1. The molecule has 1 fully saturated rings. The standard InChI is InChI=1S/C20H29NO3/c1-5-13(2)8-15-12-21-7-6-14-9-19(23-3)20(24-4)10-16(14)17(21)11-18(15)22/h9-10,13,15,17H,5-8,11-12H2,1-4H3/i2D3,3D3,4D3,5D2,8D2,9D,10D,11D2,12D2,15D. The summed E-state index contributed by atoms with van der Waals surface area (Å²) in [5, 5.41) is 0. The van der Waals surface area contributed by atoms with E-state index in [1.54, 1.807) is 0 Å². The highest BCUT2D eigenvalue weighted by atomic mass is 16.5. The first-order valence-electron chi connectivity index (χ1n) is 17.1. The van der Waals surface area contributed by atoms with Gasteiger partial charge in [-0.25, -0.2) is 0 Å². The van der Waals surface area contributed by atoms with Crippen LogP contribution in [0.2, 0.25) is 0 Å². The molecule has 3 unspecified atom stereocenters. The first-order chi connectivity index (χ1) is 19.3. The Labute approximate surface area is 173 Å². The van der Waals surface area contributed by atoms with E-state index in [1.807, 2.05) is 0 Å². The lowest BCUT2D eigenvalue weighted by atomic mass is 9.79. The number of piperidine rings is 1. The van der Waals surface area contributed by atoms with Gasteiger partial charge in [0, 0.05) is 47.8 Å². The van der Waals surface area contributed by atoms with E-state index in [1.165, 1.54) is 0 Å². The van der Waals surface area contributed by atoms with Gasteiger partial charge in [0.05, 0.1) is 25.0 Å². The molecule has 24 heavy (non-hydrogen) atoms. The molecule has 0 radical (unpaired) electrons. The van der Waals surface area contributed by atoms with Gasteiger partial charge in [-0.15, -0.1) is 0 Å². The molecule has 0 aliphatic carbocycles. The van der Waals surface area contributed by atoms with Crippen molar-refractivity contribution in [3.05, 3.63) is 23.2 Å². The SMILES string of the molecule is [2H]c1c2c(c([2H])c(OC([2H])([2H])[2H])c1OC([2H])([2H])[2H])C1N(CC2)C([2H])([2H])C([2H])(C([2H])([2H])C(C([2H])([2H])[2H])C([2H])([2H])C)C(=O)C1([2H])[2H]. The monoisotopic (exact) mass is 351 g/mol. The number of ketones is 1. The van der Waals surface area contributed by atoms with Crippen LogP contribution in [-0.4, -0.2) is 37.8 Å². The Morgan fingerprint density at radius 3 is 3.00 bits per heavy atom. The Hall–Kier alpha value is -1.55. The number of carbonyl (C=O) groups is 1. The lowest BCUT2D eigenvalue weighted by Gasteiger charge is -2.43. The molecular formula is C20H29NO3. The fourth-order valence-electron chi connectivity index (χ4n) is 2.58. The zero-order chi connectivity index (χ0) is 34.6. The smallest absolute Gasteiger partial charge is 0.161 e. The number of rotatable bonds is 5. The van der Waals surface area contributed by atoms with Crippen molar-refractivity contribution in [1.82, 2.24) is 4.90 Å². The van der Waals surface area contributed by atoms with Crippen LogP contribution in [0.15, 0.2) is 12.1 Å². The maximum absolute atomic E-state index is 13.9. The number of fused-ring (bicyclic) bond motifs is 3. The van der Waals surface area contributed by atoms with E-state index in [0.717, 1.165) is 0 Å². The van der Waals surface area contributed by atoms with Crippen molar-refractivity contribution in [1.29, 1.82) is 0 Å². The number of carbonyl (C=O) groups excluding carboxylic acids is 1. The summed E-state index contributed by atoms with van der Waals surface area (Å²) in [5.74, 6) is -11.1. The molecule has 4 heteroatoms. The van der Waals surface area contributed by atoms with Crippen molar-refractivity contribution in [2.75, 3.05) is 27.1 Å². The van der Waals surface area contributed by atoms with Gasteiger partial charge in [0.2, 0.25) is 0 Å². The Kier molecular flexibility index (Phi) is 1.55. The summed E-state index contributed by atoms with van der Waals surface area (Å²) in [6.45, 7) is -7.18. The number of Topliss-reactive ketones (excluding diaryl/α,β-unsaturated/α-hetero) is 1. The van der Waals surface area contributed by atoms with E-state index in [0.29, 0.717) is 11.8 Å². The number of benzene rings is 1. The Morgan fingerprint density at radius 1 is 1.50 bits per heavy atom. The van der Waals surface area contributed by atoms with Crippen LogP contribution in [0.5, 0.6) is 11.5 Å². The summed E-state index contributed by atoms with van der Waals surface area (Å²) in [5.41, 5.74) is -1.03. The van der Waals surface area contributed by atoms with Crippen molar-refractivity contribution in [2.24, 2.45) is 11.8 Å². The molecule has 2 aliphatic heterocycles. The second-order valence-electron chi connectivity index (χ2n) is 5.18. The third-order valence-electron chi connectivity index (χ3n) is 3.76. The number of methoxy groups -OCH3 is 2. The minimum atomic E-state index is -3.94. The molecule has 1 saturated heterocycles. The quantitative estimate of drug-likeness (QED) is 0.812. The van der Waals surface area contributed by atoms with Gasteiger partial charge in [-0.2, -0.15) is 0 Å². The molecule has 1 aromatic carbocycles. The van der Waals surface area contributed by atoms with Gasteiger partial charge in [-0.05, 0) is 41.9 Å². The van der Waals surface area contributed by atoms with E-state index >= 15 is 0 Å². The first kappa shape index (κ1) is 5.23. The van der Waals surface area contributed by atoms with Crippen LogP contribution < -0.4 is 9.47 Å². The Bertz CT molecular complexity index is 1310. The maximum Gasteiger partial charge on any atom is 0.161 e. The van der Waals surface area contributed by atoms with Crippen LogP contribution in [0, 0.1) is 11.8 Å². The zero-order valence-electron chi connectivity index (χ0n) is 32.7. The van der Waals surface area contributed by atoms with Gasteiger partial charge >= 0.3 is 0 Å². The topological polar surface area (TPSA) is 38.8 Å². The molecule has 0 amide bonds.